The molecule has 0 saturated heterocycles. The van der Waals surface area contributed by atoms with Crippen LogP contribution < -0.4 is 5.32 Å². The van der Waals surface area contributed by atoms with Gasteiger partial charge in [-0.25, -0.2) is 15.0 Å². The molecule has 7 heterocycles. The maximum atomic E-state index is 6.14. The lowest BCUT2D eigenvalue weighted by atomic mass is 9.92. The first-order chi connectivity index (χ1) is 30.2. The third kappa shape index (κ3) is 5.57. The Morgan fingerprint density at radius 1 is 0.574 bits per heavy atom. The molecule has 286 valence electrons. The van der Waals surface area contributed by atoms with E-state index in [1.807, 2.05) is 34.8 Å². The Labute approximate surface area is 355 Å². The van der Waals surface area contributed by atoms with Gasteiger partial charge >= 0.3 is 0 Å². The highest BCUT2D eigenvalue weighted by molar-refractivity contribution is 7.26. The summed E-state index contributed by atoms with van der Waals surface area (Å²) in [6.45, 7) is 0. The van der Waals surface area contributed by atoms with Gasteiger partial charge in [0.2, 0.25) is 5.71 Å². The molecule has 61 heavy (non-hydrogen) atoms. The molecule has 1 unspecified atom stereocenters. The summed E-state index contributed by atoms with van der Waals surface area (Å²) in [6, 6.07) is 50.1. The second kappa shape index (κ2) is 13.4. The summed E-state index contributed by atoms with van der Waals surface area (Å²) in [5.41, 5.74) is 11.8. The zero-order chi connectivity index (χ0) is 40.0. The van der Waals surface area contributed by atoms with E-state index in [-0.39, 0.29) is 6.17 Å². The molecule has 10 heteroatoms. The molecule has 0 aliphatic carbocycles. The Hall–Kier alpha value is -7.66. The smallest absolute Gasteiger partial charge is 0.248 e. The van der Waals surface area contributed by atoms with Crippen LogP contribution in [0.1, 0.15) is 23.0 Å². The number of hydrogen-bond donors (Lipinski definition) is 1. The number of nitrogens with zero attached hydrogens (tertiary/aromatic N) is 6. The predicted octanol–water partition coefficient (Wildman–Crippen LogP) is 12.9. The highest BCUT2D eigenvalue weighted by atomic mass is 32.1. The highest BCUT2D eigenvalue weighted by Crippen LogP contribution is 2.44. The van der Waals surface area contributed by atoms with Crippen molar-refractivity contribution in [1.29, 1.82) is 0 Å². The highest BCUT2D eigenvalue weighted by Gasteiger charge is 2.24. The standard InChI is InChI=1S/C51H29N7OS2/c1-2-10-28(11-3-1)49-56-39(24-41(57-49)40-23-38-43(26-53-40)59-51-46(38)55-42-25-52-27-54-50(42)58-51)31-21-29(32-14-8-16-36-34-12-4-6-18-44(34)60-47(32)36)20-30(22-31)33-15-9-17-37-35-13-5-7-19-45(35)61-48(33)37/h1-27,49,57H. The SMILES string of the molecule is C1=C(c2cc3c(cn2)oc2nc4ncncc4nc23)NC(c2ccccc2)N=C1c1cc(-c2cccc3c2sc2ccccc23)cc(-c2cccc3c2sc2ccccc23)c1. The van der Waals surface area contributed by atoms with Crippen LogP contribution >= 0.6 is 22.7 Å². The average molecular weight is 820 g/mol. The number of fused-ring (bicyclic) bond motifs is 10. The van der Waals surface area contributed by atoms with Crippen LogP contribution in [-0.4, -0.2) is 30.6 Å². The zero-order valence-corrected chi connectivity index (χ0v) is 33.7. The molecule has 12 aromatic rings. The van der Waals surface area contributed by atoms with Crippen molar-refractivity contribution in [3.8, 4) is 22.3 Å². The van der Waals surface area contributed by atoms with Crippen LogP contribution in [0, 0.1) is 0 Å². The van der Waals surface area contributed by atoms with E-state index >= 15 is 0 Å². The number of pyridine rings is 1. The normalized spacial score (nSPS) is 14.4. The van der Waals surface area contributed by atoms with Crippen molar-refractivity contribution in [2.75, 3.05) is 0 Å². The summed E-state index contributed by atoms with van der Waals surface area (Å²) in [6.07, 6.45) is 6.61. The van der Waals surface area contributed by atoms with E-state index < -0.39 is 0 Å². The van der Waals surface area contributed by atoms with Gasteiger partial charge in [0.1, 0.15) is 23.5 Å². The summed E-state index contributed by atoms with van der Waals surface area (Å²) in [5, 5.41) is 9.61. The van der Waals surface area contributed by atoms with Gasteiger partial charge in [-0.2, -0.15) is 4.98 Å². The lowest BCUT2D eigenvalue weighted by molar-refractivity contribution is 0.651. The molecule has 8 nitrogen and oxygen atoms in total. The molecular formula is C51H29N7OS2. The maximum Gasteiger partial charge on any atom is 0.248 e. The minimum Gasteiger partial charge on any atom is -0.435 e. The number of benzene rings is 6. The lowest BCUT2D eigenvalue weighted by Crippen LogP contribution is -2.25. The van der Waals surface area contributed by atoms with E-state index in [1.165, 1.54) is 57.8 Å². The van der Waals surface area contributed by atoms with Crippen molar-refractivity contribution >= 4 is 108 Å². The summed E-state index contributed by atoms with van der Waals surface area (Å²) >= 11 is 3.69. The molecule has 0 spiro atoms. The monoisotopic (exact) mass is 819 g/mol. The molecular weight excluding hydrogens is 791 g/mol. The Balaban J connectivity index is 1.04. The number of aromatic nitrogens is 5. The van der Waals surface area contributed by atoms with Crippen LogP contribution in [0.25, 0.3) is 102 Å². The average Bonchev–Trinajstić information content (AvgIpc) is 4.01. The second-order valence-electron chi connectivity index (χ2n) is 15.2. The molecule has 1 aliphatic rings. The fourth-order valence-corrected chi connectivity index (χ4v) is 11.2. The fraction of sp³-hybridized carbons (Fsp3) is 0.0196. The van der Waals surface area contributed by atoms with E-state index in [0.29, 0.717) is 28.0 Å². The number of rotatable bonds is 5. The van der Waals surface area contributed by atoms with Gasteiger partial charge in [0.25, 0.3) is 0 Å². The van der Waals surface area contributed by atoms with Crippen molar-refractivity contribution in [2.45, 2.75) is 6.17 Å². The van der Waals surface area contributed by atoms with Crippen LogP contribution in [0.5, 0.6) is 0 Å². The van der Waals surface area contributed by atoms with Gasteiger partial charge in [-0.3, -0.25) is 9.98 Å². The van der Waals surface area contributed by atoms with E-state index in [4.69, 9.17) is 19.4 Å². The van der Waals surface area contributed by atoms with Gasteiger partial charge in [-0.15, -0.1) is 22.7 Å². The van der Waals surface area contributed by atoms with Crippen molar-refractivity contribution in [1.82, 2.24) is 30.2 Å². The van der Waals surface area contributed by atoms with Crippen molar-refractivity contribution in [2.24, 2.45) is 4.99 Å². The number of thiophene rings is 2. The first kappa shape index (κ1) is 34.2. The quantitative estimate of drug-likeness (QED) is 0.184. The molecule has 1 atom stereocenters. The van der Waals surface area contributed by atoms with Crippen molar-refractivity contribution in [3.05, 3.63) is 181 Å². The van der Waals surface area contributed by atoms with Crippen LogP contribution in [0.3, 0.4) is 0 Å². The number of hydrogen-bond acceptors (Lipinski definition) is 10. The summed E-state index contributed by atoms with van der Waals surface area (Å²) in [5.74, 6) is 0. The zero-order valence-electron chi connectivity index (χ0n) is 32.1. The molecule has 0 fully saturated rings. The van der Waals surface area contributed by atoms with Gasteiger partial charge in [-0.1, -0.05) is 103 Å². The first-order valence-corrected chi connectivity index (χ1v) is 21.6. The minimum atomic E-state index is -0.375. The topological polar surface area (TPSA) is 102 Å². The third-order valence-electron chi connectivity index (χ3n) is 11.5. The molecule has 6 aromatic carbocycles. The van der Waals surface area contributed by atoms with Gasteiger partial charge in [0.05, 0.1) is 34.9 Å². The van der Waals surface area contributed by atoms with Gasteiger partial charge < -0.3 is 9.73 Å². The van der Waals surface area contributed by atoms with Gasteiger partial charge in [-0.05, 0) is 70.3 Å². The molecule has 0 amide bonds. The molecule has 1 N–H and O–H groups in total. The van der Waals surface area contributed by atoms with Crippen molar-refractivity contribution in [3.63, 3.8) is 0 Å². The summed E-state index contributed by atoms with van der Waals surface area (Å²) in [4.78, 5) is 28.3. The molecule has 0 saturated carbocycles. The lowest BCUT2D eigenvalue weighted by Gasteiger charge is -2.25. The van der Waals surface area contributed by atoms with Gasteiger partial charge in [0.15, 0.2) is 11.2 Å². The van der Waals surface area contributed by atoms with Crippen LogP contribution in [0.15, 0.2) is 174 Å². The maximum absolute atomic E-state index is 6.14. The minimum absolute atomic E-state index is 0.375. The van der Waals surface area contributed by atoms with Gasteiger partial charge in [0, 0.05) is 45.9 Å². The number of allylic oxidation sites excluding steroid dienone is 1. The largest absolute Gasteiger partial charge is 0.435 e. The molecule has 1 aliphatic heterocycles. The van der Waals surface area contributed by atoms with E-state index in [9.17, 15) is 0 Å². The Bertz CT molecular complexity index is 3700. The van der Waals surface area contributed by atoms with Crippen LogP contribution in [-0.2, 0) is 0 Å². The second-order valence-corrected chi connectivity index (χ2v) is 17.3. The Morgan fingerprint density at radius 2 is 1.23 bits per heavy atom. The van der Waals surface area contributed by atoms with E-state index in [0.717, 1.165) is 44.7 Å². The molecule has 13 rings (SSSR count). The number of nitrogens with one attached hydrogen (secondary N) is 1. The Morgan fingerprint density at radius 3 is 1.95 bits per heavy atom. The summed E-state index contributed by atoms with van der Waals surface area (Å²) in [7, 11) is 0. The first-order valence-electron chi connectivity index (χ1n) is 19.9. The van der Waals surface area contributed by atoms with E-state index in [2.05, 4.69) is 154 Å². The predicted molar refractivity (Wildman–Crippen MR) is 250 cm³/mol. The van der Waals surface area contributed by atoms with Crippen LogP contribution in [0.2, 0.25) is 0 Å². The molecule has 6 aromatic heterocycles. The van der Waals surface area contributed by atoms with Crippen LogP contribution in [0.4, 0.5) is 0 Å². The third-order valence-corrected chi connectivity index (χ3v) is 14.0. The fourth-order valence-electron chi connectivity index (χ4n) is 8.67. The van der Waals surface area contributed by atoms with Crippen molar-refractivity contribution < 1.29 is 4.42 Å². The number of furan rings is 1. The van der Waals surface area contributed by atoms with E-state index in [1.54, 1.807) is 12.4 Å². The Kier molecular flexibility index (Phi) is 7.54. The molecule has 0 bridgehead atoms. The summed E-state index contributed by atoms with van der Waals surface area (Å²) < 4.78 is 11.2. The number of aliphatic imine (C=N–C) groups is 1. The molecule has 0 radical (unpaired) electrons.